The molecule has 0 saturated carbocycles. The van der Waals surface area contributed by atoms with Gasteiger partial charge in [0.15, 0.2) is 0 Å². The molecule has 0 fully saturated rings. The quantitative estimate of drug-likeness (QED) is 0.352. The van der Waals surface area contributed by atoms with Crippen molar-refractivity contribution in [3.8, 4) is 0 Å². The third kappa shape index (κ3) is 6.64. The smallest absolute Gasteiger partial charge is 0.0445 e. The van der Waals surface area contributed by atoms with Crippen molar-refractivity contribution in [2.24, 2.45) is 5.92 Å². The maximum atomic E-state index is 5.83. The fraction of sp³-hybridized carbons (Fsp3) is 0.778. The number of halogens is 1. The van der Waals surface area contributed by atoms with E-state index in [1.54, 1.807) is 0 Å². The van der Waals surface area contributed by atoms with Crippen LogP contribution in [0.5, 0.6) is 0 Å². The van der Waals surface area contributed by atoms with E-state index in [0.29, 0.717) is 5.92 Å². The van der Waals surface area contributed by atoms with Crippen molar-refractivity contribution in [3.63, 3.8) is 0 Å². The van der Waals surface area contributed by atoms with Gasteiger partial charge in [-0.05, 0) is 12.3 Å². The van der Waals surface area contributed by atoms with Gasteiger partial charge in [0, 0.05) is 14.0 Å². The third-order valence-corrected chi connectivity index (χ3v) is 3.86. The predicted molar refractivity (Wildman–Crippen MR) is 57.2 cm³/mol. The van der Waals surface area contributed by atoms with Gasteiger partial charge >= 0.3 is 0 Å². The first-order chi connectivity index (χ1) is 4.99. The molecule has 0 spiro atoms. The molecule has 0 aromatic carbocycles. The van der Waals surface area contributed by atoms with Crippen molar-refractivity contribution in [2.75, 3.05) is 5.88 Å². The molecule has 2 heteroatoms. The zero-order chi connectivity index (χ0) is 8.91. The molecule has 0 aromatic rings. The van der Waals surface area contributed by atoms with Gasteiger partial charge in [-0.15, -0.1) is 18.2 Å². The summed E-state index contributed by atoms with van der Waals surface area (Å²) in [5.41, 5.74) is 0. The van der Waals surface area contributed by atoms with Crippen LogP contribution in [0.2, 0.25) is 25.7 Å². The van der Waals surface area contributed by atoms with Crippen LogP contribution in [-0.4, -0.2) is 14.0 Å². The number of rotatable bonds is 5. The van der Waals surface area contributed by atoms with Gasteiger partial charge in [-0.25, -0.2) is 0 Å². The highest BCUT2D eigenvalue weighted by molar-refractivity contribution is 6.76. The van der Waals surface area contributed by atoms with E-state index in [9.17, 15) is 0 Å². The number of allylic oxidation sites excluding steroid dienone is 1. The van der Waals surface area contributed by atoms with Crippen LogP contribution in [0.15, 0.2) is 12.7 Å². The van der Waals surface area contributed by atoms with Crippen molar-refractivity contribution in [1.82, 2.24) is 0 Å². The average molecular weight is 191 g/mol. The molecule has 0 aliphatic carbocycles. The van der Waals surface area contributed by atoms with E-state index in [1.165, 1.54) is 6.04 Å². The molecule has 0 amide bonds. The highest BCUT2D eigenvalue weighted by Crippen LogP contribution is 2.20. The van der Waals surface area contributed by atoms with Crippen LogP contribution in [0.3, 0.4) is 0 Å². The Bertz CT molecular complexity index is 115. The molecule has 1 atom stereocenters. The summed E-state index contributed by atoms with van der Waals surface area (Å²) in [5, 5.41) is 0. The van der Waals surface area contributed by atoms with Crippen molar-refractivity contribution >= 4 is 19.7 Å². The Morgan fingerprint density at radius 1 is 1.45 bits per heavy atom. The molecule has 0 radical (unpaired) electrons. The van der Waals surface area contributed by atoms with Crippen LogP contribution >= 0.6 is 11.6 Å². The summed E-state index contributed by atoms with van der Waals surface area (Å²) in [6.07, 6.45) is 3.06. The maximum absolute atomic E-state index is 5.83. The molecule has 66 valence electrons. The van der Waals surface area contributed by atoms with E-state index in [0.717, 1.165) is 12.3 Å². The van der Waals surface area contributed by atoms with Gasteiger partial charge in [0.05, 0.1) is 0 Å². The van der Waals surface area contributed by atoms with Gasteiger partial charge in [-0.1, -0.05) is 31.8 Å². The Morgan fingerprint density at radius 2 is 2.00 bits per heavy atom. The minimum absolute atomic E-state index is 0.667. The van der Waals surface area contributed by atoms with Gasteiger partial charge in [0.2, 0.25) is 0 Å². The Hall–Kier alpha value is 0.247. The second kappa shape index (κ2) is 4.99. The van der Waals surface area contributed by atoms with Gasteiger partial charge in [0.1, 0.15) is 0 Å². The second-order valence-electron chi connectivity index (χ2n) is 4.31. The van der Waals surface area contributed by atoms with E-state index in [1.807, 2.05) is 6.08 Å². The van der Waals surface area contributed by atoms with Crippen LogP contribution in [-0.2, 0) is 0 Å². The zero-order valence-corrected chi connectivity index (χ0v) is 9.62. The highest BCUT2D eigenvalue weighted by atomic mass is 35.5. The van der Waals surface area contributed by atoms with Crippen LogP contribution in [0, 0.1) is 5.92 Å². The average Bonchev–Trinajstić information content (AvgIpc) is 1.84. The van der Waals surface area contributed by atoms with Crippen LogP contribution in [0.25, 0.3) is 0 Å². The number of hydrogen-bond donors (Lipinski definition) is 0. The molecule has 0 N–H and O–H groups in total. The lowest BCUT2D eigenvalue weighted by atomic mass is 10.1. The molecule has 0 bridgehead atoms. The van der Waals surface area contributed by atoms with Crippen LogP contribution in [0.4, 0.5) is 0 Å². The molecule has 11 heavy (non-hydrogen) atoms. The second-order valence-corrected chi connectivity index (χ2v) is 10.1. The summed E-state index contributed by atoms with van der Waals surface area (Å²) in [6, 6.07) is 1.32. The molecule has 0 aliphatic heterocycles. The summed E-state index contributed by atoms with van der Waals surface area (Å²) in [6.45, 7) is 10.9. The Morgan fingerprint density at radius 3 is 2.27 bits per heavy atom. The summed E-state index contributed by atoms with van der Waals surface area (Å²) in [7, 11) is -0.911. The summed E-state index contributed by atoms with van der Waals surface area (Å²) in [4.78, 5) is 0. The Balaban J connectivity index is 3.77. The minimum atomic E-state index is -0.911. The van der Waals surface area contributed by atoms with Gasteiger partial charge in [-0.2, -0.15) is 0 Å². The normalized spacial score (nSPS) is 14.5. The summed E-state index contributed by atoms with van der Waals surface area (Å²) < 4.78 is 0. The first-order valence-electron chi connectivity index (χ1n) is 4.16. The lowest BCUT2D eigenvalue weighted by Crippen LogP contribution is -2.24. The molecule has 0 rings (SSSR count). The first-order valence-corrected chi connectivity index (χ1v) is 8.40. The standard InChI is InChI=1S/C9H19ClSi/c1-5-6-9(7-10)8-11(2,3)4/h5,9H,1,6-8H2,2-4H3. The largest absolute Gasteiger partial charge is 0.126 e. The number of hydrogen-bond acceptors (Lipinski definition) is 0. The van der Waals surface area contributed by atoms with Gasteiger partial charge < -0.3 is 0 Å². The third-order valence-electron chi connectivity index (χ3n) is 1.62. The molecular formula is C9H19ClSi. The van der Waals surface area contributed by atoms with E-state index < -0.39 is 8.07 Å². The molecule has 0 heterocycles. The van der Waals surface area contributed by atoms with Gasteiger partial charge in [-0.3, -0.25) is 0 Å². The Kier molecular flexibility index (Phi) is 5.10. The number of alkyl halides is 1. The van der Waals surface area contributed by atoms with Crippen LogP contribution in [0.1, 0.15) is 6.42 Å². The highest BCUT2D eigenvalue weighted by Gasteiger charge is 2.18. The molecule has 0 saturated heterocycles. The molecule has 1 unspecified atom stereocenters. The molecular weight excluding hydrogens is 172 g/mol. The monoisotopic (exact) mass is 190 g/mol. The van der Waals surface area contributed by atoms with E-state index in [4.69, 9.17) is 11.6 Å². The molecule has 0 aliphatic rings. The maximum Gasteiger partial charge on any atom is 0.0445 e. The SMILES string of the molecule is C=CCC(CCl)C[Si](C)(C)C. The minimum Gasteiger partial charge on any atom is -0.126 e. The van der Waals surface area contributed by atoms with Crippen LogP contribution < -0.4 is 0 Å². The zero-order valence-electron chi connectivity index (χ0n) is 7.86. The van der Waals surface area contributed by atoms with Crippen molar-refractivity contribution in [3.05, 3.63) is 12.7 Å². The lowest BCUT2D eigenvalue weighted by molar-refractivity contribution is 0.660. The predicted octanol–water partition coefficient (Wildman–Crippen LogP) is 3.76. The first kappa shape index (κ1) is 11.2. The lowest BCUT2D eigenvalue weighted by Gasteiger charge is -2.21. The molecule has 0 aromatic heterocycles. The fourth-order valence-corrected chi connectivity index (χ4v) is 3.76. The summed E-state index contributed by atoms with van der Waals surface area (Å²) in [5.74, 6) is 1.46. The van der Waals surface area contributed by atoms with Gasteiger partial charge in [0.25, 0.3) is 0 Å². The van der Waals surface area contributed by atoms with E-state index in [-0.39, 0.29) is 0 Å². The van der Waals surface area contributed by atoms with Crippen molar-refractivity contribution in [1.29, 1.82) is 0 Å². The topological polar surface area (TPSA) is 0 Å². The molecule has 0 nitrogen and oxygen atoms in total. The Labute approximate surface area is 76.7 Å². The fourth-order valence-electron chi connectivity index (χ4n) is 1.30. The van der Waals surface area contributed by atoms with E-state index in [2.05, 4.69) is 26.2 Å². The van der Waals surface area contributed by atoms with Crippen molar-refractivity contribution < 1.29 is 0 Å². The van der Waals surface area contributed by atoms with E-state index >= 15 is 0 Å². The van der Waals surface area contributed by atoms with Crippen molar-refractivity contribution in [2.45, 2.75) is 32.1 Å². The summed E-state index contributed by atoms with van der Waals surface area (Å²) >= 11 is 5.83.